The quantitative estimate of drug-likeness (QED) is 0.785. The maximum Gasteiger partial charge on any atom is 0.220 e. The molecule has 0 aliphatic carbocycles. The molecule has 1 saturated heterocycles. The van der Waals surface area contributed by atoms with Crippen LogP contribution in [-0.2, 0) is 17.8 Å². The number of ether oxygens (including phenoxy) is 2. The van der Waals surface area contributed by atoms with Crippen LogP contribution in [0.1, 0.15) is 51.2 Å². The monoisotopic (exact) mass is 360 g/mol. The van der Waals surface area contributed by atoms with Crippen LogP contribution in [-0.4, -0.2) is 31.7 Å². The van der Waals surface area contributed by atoms with Gasteiger partial charge in [-0.2, -0.15) is 0 Å². The van der Waals surface area contributed by atoms with Gasteiger partial charge in [0.2, 0.25) is 5.91 Å². The van der Waals surface area contributed by atoms with Crippen LogP contribution in [0.5, 0.6) is 11.5 Å². The summed E-state index contributed by atoms with van der Waals surface area (Å²) >= 11 is 0. The summed E-state index contributed by atoms with van der Waals surface area (Å²) in [7, 11) is 0. The minimum Gasteiger partial charge on any atom is -0.494 e. The van der Waals surface area contributed by atoms with Gasteiger partial charge in [-0.15, -0.1) is 0 Å². The molecule has 1 aromatic carbocycles. The summed E-state index contributed by atoms with van der Waals surface area (Å²) in [5.74, 6) is 2.89. The Hall–Kier alpha value is -1.75. The van der Waals surface area contributed by atoms with Gasteiger partial charge < -0.3 is 20.1 Å². The molecule has 0 bridgehead atoms. The highest BCUT2D eigenvalue weighted by Crippen LogP contribution is 2.35. The van der Waals surface area contributed by atoms with Crippen molar-refractivity contribution in [1.29, 1.82) is 0 Å². The lowest BCUT2D eigenvalue weighted by Crippen LogP contribution is -2.35. The third-order valence-corrected chi connectivity index (χ3v) is 5.50. The molecule has 3 unspecified atom stereocenters. The minimum atomic E-state index is 0.111. The zero-order valence-corrected chi connectivity index (χ0v) is 16.3. The third kappa shape index (κ3) is 4.70. The Morgan fingerprint density at radius 2 is 2.31 bits per heavy atom. The van der Waals surface area contributed by atoms with Gasteiger partial charge in [0.1, 0.15) is 17.6 Å². The van der Waals surface area contributed by atoms with Gasteiger partial charge in [-0.3, -0.25) is 4.79 Å². The molecule has 1 aromatic rings. The maximum atomic E-state index is 12.4. The molecule has 2 heterocycles. The zero-order chi connectivity index (χ0) is 18.5. The first-order valence-electron chi connectivity index (χ1n) is 9.99. The second-order valence-corrected chi connectivity index (χ2v) is 7.70. The first-order chi connectivity index (χ1) is 12.6. The van der Waals surface area contributed by atoms with Crippen LogP contribution in [0, 0.1) is 11.8 Å². The zero-order valence-electron chi connectivity index (χ0n) is 16.3. The van der Waals surface area contributed by atoms with E-state index < -0.39 is 0 Å². The van der Waals surface area contributed by atoms with Crippen molar-refractivity contribution in [2.75, 3.05) is 19.7 Å². The molecule has 0 spiro atoms. The van der Waals surface area contributed by atoms with E-state index in [9.17, 15) is 4.79 Å². The molecule has 2 aliphatic rings. The number of carbonyl (C=O) groups excluding carboxylic acids is 1. The number of nitrogens with one attached hydrogen (secondary N) is 2. The molecule has 0 aromatic heterocycles. The number of amides is 1. The first kappa shape index (κ1) is 19.0. The van der Waals surface area contributed by atoms with Crippen molar-refractivity contribution in [2.45, 2.75) is 59.1 Å². The summed E-state index contributed by atoms with van der Waals surface area (Å²) < 4.78 is 11.6. The van der Waals surface area contributed by atoms with Crippen molar-refractivity contribution in [3.05, 3.63) is 23.3 Å². The number of hydrogen-bond donors (Lipinski definition) is 2. The van der Waals surface area contributed by atoms with Crippen LogP contribution in [0.3, 0.4) is 0 Å². The Bertz CT molecular complexity index is 626. The van der Waals surface area contributed by atoms with Gasteiger partial charge >= 0.3 is 0 Å². The average Bonchev–Trinajstić information content (AvgIpc) is 2.99. The Kier molecular flexibility index (Phi) is 6.41. The molecule has 2 N–H and O–H groups in total. The second-order valence-electron chi connectivity index (χ2n) is 7.70. The highest BCUT2D eigenvalue weighted by Gasteiger charge is 2.24. The highest BCUT2D eigenvalue weighted by molar-refractivity contribution is 5.76. The topological polar surface area (TPSA) is 59.6 Å². The Labute approximate surface area is 156 Å². The van der Waals surface area contributed by atoms with Gasteiger partial charge in [0.05, 0.1) is 6.61 Å². The summed E-state index contributed by atoms with van der Waals surface area (Å²) in [6.45, 7) is 9.47. The second kappa shape index (κ2) is 8.76. The SMILES string of the molecule is CCOc1cc2c(cc1CNC(=O)CC(C)C1CCCNC1)OC(C)C2. The predicted octanol–water partition coefficient (Wildman–Crippen LogP) is 3.05. The van der Waals surface area contributed by atoms with Gasteiger partial charge in [-0.1, -0.05) is 6.92 Å². The number of benzene rings is 1. The molecule has 0 saturated carbocycles. The Balaban J connectivity index is 1.58. The Morgan fingerprint density at radius 3 is 3.04 bits per heavy atom. The Morgan fingerprint density at radius 1 is 1.46 bits per heavy atom. The van der Waals surface area contributed by atoms with Crippen LogP contribution in [0.25, 0.3) is 0 Å². The molecule has 0 radical (unpaired) electrons. The number of hydrogen-bond acceptors (Lipinski definition) is 4. The van der Waals surface area contributed by atoms with E-state index in [0.29, 0.717) is 31.4 Å². The number of piperidine rings is 1. The molecule has 144 valence electrons. The molecule has 2 aliphatic heterocycles. The molecular weight excluding hydrogens is 328 g/mol. The third-order valence-electron chi connectivity index (χ3n) is 5.50. The number of carbonyl (C=O) groups is 1. The summed E-state index contributed by atoms with van der Waals surface area (Å²) in [5, 5.41) is 6.51. The van der Waals surface area contributed by atoms with Crippen molar-refractivity contribution in [2.24, 2.45) is 11.8 Å². The van der Waals surface area contributed by atoms with Gasteiger partial charge in [0.15, 0.2) is 0 Å². The fourth-order valence-corrected chi connectivity index (χ4v) is 4.00. The van der Waals surface area contributed by atoms with Crippen molar-refractivity contribution < 1.29 is 14.3 Å². The normalized spacial score (nSPS) is 23.0. The van der Waals surface area contributed by atoms with E-state index >= 15 is 0 Å². The summed E-state index contributed by atoms with van der Waals surface area (Å²) in [4.78, 5) is 12.4. The van der Waals surface area contributed by atoms with Crippen molar-refractivity contribution in [1.82, 2.24) is 10.6 Å². The minimum absolute atomic E-state index is 0.111. The summed E-state index contributed by atoms with van der Waals surface area (Å²) in [6, 6.07) is 4.10. The molecule has 3 rings (SSSR count). The van der Waals surface area contributed by atoms with Crippen molar-refractivity contribution in [3.8, 4) is 11.5 Å². The highest BCUT2D eigenvalue weighted by atomic mass is 16.5. The smallest absolute Gasteiger partial charge is 0.220 e. The lowest BCUT2D eigenvalue weighted by Gasteiger charge is -2.28. The van der Waals surface area contributed by atoms with E-state index in [2.05, 4.69) is 30.5 Å². The molecule has 26 heavy (non-hydrogen) atoms. The van der Waals surface area contributed by atoms with Crippen molar-refractivity contribution >= 4 is 5.91 Å². The van der Waals surface area contributed by atoms with E-state index in [1.165, 1.54) is 18.4 Å². The van der Waals surface area contributed by atoms with Crippen LogP contribution in [0.15, 0.2) is 12.1 Å². The van der Waals surface area contributed by atoms with Crippen LogP contribution in [0.4, 0.5) is 0 Å². The fourth-order valence-electron chi connectivity index (χ4n) is 4.00. The standard InChI is InChI=1S/C21H32N2O3/c1-4-25-19-10-17-9-15(3)26-20(17)11-18(19)13-23-21(24)8-14(2)16-6-5-7-22-12-16/h10-11,14-16,22H,4-9,12-13H2,1-3H3,(H,23,24). The molecule has 5 nitrogen and oxygen atoms in total. The maximum absolute atomic E-state index is 12.4. The summed E-state index contributed by atoms with van der Waals surface area (Å²) in [5.41, 5.74) is 2.18. The average molecular weight is 360 g/mol. The molecule has 1 amide bonds. The van der Waals surface area contributed by atoms with E-state index in [4.69, 9.17) is 9.47 Å². The lowest BCUT2D eigenvalue weighted by atomic mass is 9.85. The van der Waals surface area contributed by atoms with Crippen molar-refractivity contribution in [3.63, 3.8) is 0 Å². The van der Waals surface area contributed by atoms with Crippen LogP contribution in [0.2, 0.25) is 0 Å². The predicted molar refractivity (Wildman–Crippen MR) is 103 cm³/mol. The van der Waals surface area contributed by atoms with E-state index in [-0.39, 0.29) is 12.0 Å². The first-order valence-corrected chi connectivity index (χ1v) is 9.99. The van der Waals surface area contributed by atoms with Gasteiger partial charge in [-0.05, 0) is 63.7 Å². The molecule has 3 atom stereocenters. The van der Waals surface area contributed by atoms with Gasteiger partial charge in [0, 0.05) is 30.5 Å². The van der Waals surface area contributed by atoms with E-state index in [0.717, 1.165) is 36.6 Å². The molecule has 1 fully saturated rings. The van der Waals surface area contributed by atoms with Gasteiger partial charge in [0.25, 0.3) is 0 Å². The summed E-state index contributed by atoms with van der Waals surface area (Å²) in [6.07, 6.45) is 4.12. The number of fused-ring (bicyclic) bond motifs is 1. The van der Waals surface area contributed by atoms with E-state index in [1.807, 2.05) is 13.0 Å². The van der Waals surface area contributed by atoms with E-state index in [1.54, 1.807) is 0 Å². The van der Waals surface area contributed by atoms with Gasteiger partial charge in [-0.25, -0.2) is 0 Å². The number of rotatable bonds is 7. The van der Waals surface area contributed by atoms with Crippen LogP contribution >= 0.6 is 0 Å². The molecule has 5 heteroatoms. The van der Waals surface area contributed by atoms with Crippen LogP contribution < -0.4 is 20.1 Å². The lowest BCUT2D eigenvalue weighted by molar-refractivity contribution is -0.122. The fraction of sp³-hybridized carbons (Fsp3) is 0.667. The largest absolute Gasteiger partial charge is 0.494 e. The molecular formula is C21H32N2O3.